The third-order valence-corrected chi connectivity index (χ3v) is 7.39. The minimum atomic E-state index is -0.755. The molecule has 1 saturated carbocycles. The minimum absolute atomic E-state index is 0.0340. The zero-order valence-corrected chi connectivity index (χ0v) is 21.2. The maximum Gasteiger partial charge on any atom is 0.303 e. The Hall–Kier alpha value is -2.51. The number of nitrogens with zero attached hydrogens (tertiary/aromatic N) is 1. The van der Waals surface area contributed by atoms with Crippen LogP contribution >= 0.6 is 0 Å². The lowest BCUT2D eigenvalue weighted by Gasteiger charge is -2.37. The molecule has 2 aromatic rings. The molecule has 36 heavy (non-hydrogen) atoms. The van der Waals surface area contributed by atoms with Crippen LogP contribution in [0, 0.1) is 12.8 Å². The van der Waals surface area contributed by atoms with Crippen LogP contribution in [-0.4, -0.2) is 65.6 Å². The van der Waals surface area contributed by atoms with Gasteiger partial charge in [0.2, 0.25) is 0 Å². The van der Waals surface area contributed by atoms with Crippen molar-refractivity contribution in [2.45, 2.75) is 63.9 Å². The van der Waals surface area contributed by atoms with Gasteiger partial charge in [-0.2, -0.15) is 0 Å². The predicted octanol–water partition coefficient (Wildman–Crippen LogP) is 4.83. The summed E-state index contributed by atoms with van der Waals surface area (Å²) in [6, 6.07) is 17.1. The van der Waals surface area contributed by atoms with Crippen LogP contribution in [-0.2, 0) is 20.9 Å². The molecular weight excluding hydrogens is 454 g/mol. The first-order valence-corrected chi connectivity index (χ1v) is 13.2. The number of aliphatic carboxylic acids is 1. The molecule has 2 aromatic carbocycles. The van der Waals surface area contributed by atoms with Gasteiger partial charge < -0.3 is 19.7 Å². The van der Waals surface area contributed by atoms with E-state index in [1.165, 1.54) is 16.7 Å². The lowest BCUT2D eigenvalue weighted by Crippen LogP contribution is -2.50. The summed E-state index contributed by atoms with van der Waals surface area (Å²) in [6.45, 7) is 5.65. The van der Waals surface area contributed by atoms with Gasteiger partial charge >= 0.3 is 5.97 Å². The number of carbonyl (C=O) groups is 1. The van der Waals surface area contributed by atoms with Gasteiger partial charge in [-0.3, -0.25) is 9.69 Å². The molecule has 0 aromatic heterocycles. The molecular formula is C30H39NO5. The van der Waals surface area contributed by atoms with Crippen LogP contribution in [0.5, 0.6) is 0 Å². The molecule has 6 nitrogen and oxygen atoms in total. The first-order chi connectivity index (χ1) is 17.5. The molecule has 2 fully saturated rings. The van der Waals surface area contributed by atoms with E-state index in [2.05, 4.69) is 72.5 Å². The van der Waals surface area contributed by atoms with Gasteiger partial charge in [0.05, 0.1) is 32.0 Å². The number of benzene rings is 2. The summed E-state index contributed by atoms with van der Waals surface area (Å²) in [5, 5.41) is 19.8. The van der Waals surface area contributed by atoms with Gasteiger partial charge in [-0.05, 0) is 42.9 Å². The Labute approximate surface area is 214 Å². The van der Waals surface area contributed by atoms with Crippen molar-refractivity contribution in [3.05, 3.63) is 71.8 Å². The molecule has 2 N–H and O–H groups in total. The third kappa shape index (κ3) is 7.26. The quantitative estimate of drug-likeness (QED) is 0.345. The maximum absolute atomic E-state index is 11.0. The zero-order chi connectivity index (χ0) is 25.3. The first kappa shape index (κ1) is 26.6. The van der Waals surface area contributed by atoms with E-state index < -0.39 is 12.1 Å². The van der Waals surface area contributed by atoms with Gasteiger partial charge in [0.25, 0.3) is 0 Å². The van der Waals surface area contributed by atoms with Crippen molar-refractivity contribution < 1.29 is 24.5 Å². The number of hydrogen-bond donors (Lipinski definition) is 2. The Morgan fingerprint density at radius 3 is 2.39 bits per heavy atom. The minimum Gasteiger partial charge on any atom is -0.481 e. The topological polar surface area (TPSA) is 79.2 Å². The number of aliphatic hydroxyl groups is 1. The van der Waals surface area contributed by atoms with Crippen LogP contribution in [0.3, 0.4) is 0 Å². The van der Waals surface area contributed by atoms with Gasteiger partial charge in [-0.1, -0.05) is 66.2 Å². The molecule has 4 atom stereocenters. The van der Waals surface area contributed by atoms with E-state index in [1.807, 2.05) is 0 Å². The standard InChI is InChI=1S/C30H39NO5/c1-22-8-12-24(13-9-22)25-14-10-23(11-15-25)21-36-28-20-27(32)30(31-16-18-35-19-17-31)26(28)6-4-2-3-5-7-29(33)34/h2,4,8-15,26-28,30,32H,3,5-7,16-21H2,1H3,(H,33,34). The highest BCUT2D eigenvalue weighted by atomic mass is 16.5. The number of morpholine rings is 1. The van der Waals surface area contributed by atoms with Crippen molar-refractivity contribution in [1.29, 1.82) is 0 Å². The number of aliphatic hydroxyl groups excluding tert-OH is 1. The van der Waals surface area contributed by atoms with Crippen molar-refractivity contribution >= 4 is 5.97 Å². The fourth-order valence-electron chi connectivity index (χ4n) is 5.42. The highest BCUT2D eigenvalue weighted by molar-refractivity contribution is 5.66. The van der Waals surface area contributed by atoms with E-state index in [0.29, 0.717) is 32.7 Å². The molecule has 0 radical (unpaired) electrons. The molecule has 1 aliphatic heterocycles. The summed E-state index contributed by atoms with van der Waals surface area (Å²) < 4.78 is 12.0. The Kier molecular flexibility index (Phi) is 9.70. The monoisotopic (exact) mass is 493 g/mol. The summed E-state index contributed by atoms with van der Waals surface area (Å²) >= 11 is 0. The largest absolute Gasteiger partial charge is 0.481 e. The smallest absolute Gasteiger partial charge is 0.303 e. The Morgan fingerprint density at radius 2 is 1.72 bits per heavy atom. The summed E-state index contributed by atoms with van der Waals surface area (Å²) in [6.07, 6.45) is 6.78. The van der Waals surface area contributed by atoms with Gasteiger partial charge in [-0.15, -0.1) is 0 Å². The van der Waals surface area contributed by atoms with Gasteiger partial charge in [-0.25, -0.2) is 0 Å². The van der Waals surface area contributed by atoms with Crippen molar-refractivity contribution in [3.8, 4) is 11.1 Å². The van der Waals surface area contributed by atoms with Crippen molar-refractivity contribution in [3.63, 3.8) is 0 Å². The van der Waals surface area contributed by atoms with Crippen molar-refractivity contribution in [2.24, 2.45) is 5.92 Å². The van der Waals surface area contributed by atoms with Crippen molar-refractivity contribution in [1.82, 2.24) is 4.90 Å². The van der Waals surface area contributed by atoms with Crippen LogP contribution < -0.4 is 0 Å². The number of aryl methyl sites for hydroxylation is 1. The number of unbranched alkanes of at least 4 members (excludes halogenated alkanes) is 1. The van der Waals surface area contributed by atoms with E-state index in [9.17, 15) is 9.90 Å². The Morgan fingerprint density at radius 1 is 1.06 bits per heavy atom. The summed E-state index contributed by atoms with van der Waals surface area (Å²) in [4.78, 5) is 13.1. The average molecular weight is 494 g/mol. The van der Waals surface area contributed by atoms with E-state index in [0.717, 1.165) is 31.5 Å². The number of ether oxygens (including phenoxy) is 2. The second-order valence-electron chi connectivity index (χ2n) is 10.0. The summed E-state index contributed by atoms with van der Waals surface area (Å²) in [5.74, 6) is -0.573. The van der Waals surface area contributed by atoms with E-state index in [1.54, 1.807) is 0 Å². The van der Waals surface area contributed by atoms with Gasteiger partial charge in [0.1, 0.15) is 0 Å². The molecule has 6 heteroatoms. The predicted molar refractivity (Wildman–Crippen MR) is 141 cm³/mol. The van der Waals surface area contributed by atoms with Gasteiger partial charge in [0, 0.05) is 37.9 Å². The number of rotatable bonds is 11. The van der Waals surface area contributed by atoms with E-state index >= 15 is 0 Å². The first-order valence-electron chi connectivity index (χ1n) is 13.2. The van der Waals surface area contributed by atoms with Crippen LogP contribution in [0.1, 0.15) is 43.2 Å². The molecule has 1 aliphatic carbocycles. The molecule has 0 spiro atoms. The highest BCUT2D eigenvalue weighted by Gasteiger charge is 2.45. The highest BCUT2D eigenvalue weighted by Crippen LogP contribution is 2.36. The molecule has 0 amide bonds. The van der Waals surface area contributed by atoms with Gasteiger partial charge in [0.15, 0.2) is 0 Å². The molecule has 2 aliphatic rings. The average Bonchev–Trinajstić information content (AvgIpc) is 3.20. The molecule has 1 heterocycles. The lowest BCUT2D eigenvalue weighted by atomic mass is 9.94. The lowest BCUT2D eigenvalue weighted by molar-refractivity contribution is -0.137. The molecule has 0 bridgehead atoms. The van der Waals surface area contributed by atoms with E-state index in [-0.39, 0.29) is 24.5 Å². The molecule has 4 rings (SSSR count). The Bertz CT molecular complexity index is 981. The van der Waals surface area contributed by atoms with Crippen molar-refractivity contribution in [2.75, 3.05) is 26.3 Å². The SMILES string of the molecule is Cc1ccc(-c2ccc(COC3CC(O)C(N4CCOCC4)C3CC=CCCCC(=O)O)cc2)cc1. The van der Waals surface area contributed by atoms with Crippen LogP contribution in [0.25, 0.3) is 11.1 Å². The molecule has 4 unspecified atom stereocenters. The summed E-state index contributed by atoms with van der Waals surface area (Å²) in [5.41, 5.74) is 4.77. The number of carboxylic acid groups (broad SMARTS) is 1. The third-order valence-electron chi connectivity index (χ3n) is 7.39. The van der Waals surface area contributed by atoms with Crippen LogP contribution in [0.2, 0.25) is 0 Å². The van der Waals surface area contributed by atoms with Crippen LogP contribution in [0.15, 0.2) is 60.7 Å². The van der Waals surface area contributed by atoms with Crippen LogP contribution in [0.4, 0.5) is 0 Å². The normalized spacial score (nSPS) is 24.9. The zero-order valence-electron chi connectivity index (χ0n) is 21.2. The number of allylic oxidation sites excluding steroid dienone is 2. The summed E-state index contributed by atoms with van der Waals surface area (Å²) in [7, 11) is 0. The second kappa shape index (κ2) is 13.2. The fourth-order valence-corrected chi connectivity index (χ4v) is 5.42. The number of carboxylic acids is 1. The second-order valence-corrected chi connectivity index (χ2v) is 10.0. The number of hydrogen-bond acceptors (Lipinski definition) is 5. The molecule has 1 saturated heterocycles. The fraction of sp³-hybridized carbons (Fsp3) is 0.500. The van der Waals surface area contributed by atoms with E-state index in [4.69, 9.17) is 14.6 Å². The Balaban J connectivity index is 1.38. The maximum atomic E-state index is 11.0. The molecule has 194 valence electrons.